The first-order chi connectivity index (χ1) is 8.86. The molecular weight excluding hydrogens is 224 g/mol. The smallest absolute Gasteiger partial charge is 0.0593 e. The van der Waals surface area contributed by atoms with E-state index in [4.69, 9.17) is 4.74 Å². The molecule has 0 aromatic carbocycles. The zero-order chi connectivity index (χ0) is 12.6. The topological polar surface area (TPSA) is 24.5 Å². The van der Waals surface area contributed by atoms with E-state index >= 15 is 0 Å². The Hall–Kier alpha value is -0.120. The second kappa shape index (κ2) is 8.13. The van der Waals surface area contributed by atoms with Crippen molar-refractivity contribution in [3.05, 3.63) is 0 Å². The van der Waals surface area contributed by atoms with Gasteiger partial charge in [0.1, 0.15) is 0 Å². The summed E-state index contributed by atoms with van der Waals surface area (Å²) in [6, 6.07) is 1.74. The maximum absolute atomic E-state index is 5.68. The first-order valence-electron chi connectivity index (χ1n) is 7.87. The molecular formula is C15H30N2O. The van der Waals surface area contributed by atoms with Crippen LogP contribution in [0.3, 0.4) is 0 Å². The van der Waals surface area contributed by atoms with Gasteiger partial charge in [-0.15, -0.1) is 0 Å². The van der Waals surface area contributed by atoms with Crippen molar-refractivity contribution in [3.63, 3.8) is 0 Å². The summed E-state index contributed by atoms with van der Waals surface area (Å²) in [4.78, 5) is 2.43. The molecule has 0 aromatic rings. The van der Waals surface area contributed by atoms with Crippen LogP contribution in [-0.4, -0.2) is 50.3 Å². The number of hydrogen-bond donors (Lipinski definition) is 1. The van der Waals surface area contributed by atoms with Crippen LogP contribution in [0.1, 0.15) is 51.4 Å². The summed E-state index contributed by atoms with van der Waals surface area (Å²) in [7, 11) is 2.22. The fraction of sp³-hybridized carbons (Fsp3) is 1.00. The summed E-state index contributed by atoms with van der Waals surface area (Å²) < 4.78 is 5.68. The molecule has 1 N–H and O–H groups in total. The van der Waals surface area contributed by atoms with Crippen molar-refractivity contribution in [1.29, 1.82) is 0 Å². The summed E-state index contributed by atoms with van der Waals surface area (Å²) >= 11 is 0. The van der Waals surface area contributed by atoms with Gasteiger partial charge in [0.05, 0.1) is 6.61 Å². The van der Waals surface area contributed by atoms with Crippen LogP contribution in [0.25, 0.3) is 0 Å². The maximum Gasteiger partial charge on any atom is 0.0593 e. The van der Waals surface area contributed by atoms with Crippen LogP contribution in [0.4, 0.5) is 0 Å². The molecule has 2 rings (SSSR count). The predicted octanol–water partition coefficient (Wildman–Crippen LogP) is 2.41. The Morgan fingerprint density at radius 3 is 2.50 bits per heavy atom. The van der Waals surface area contributed by atoms with Gasteiger partial charge in [-0.3, -0.25) is 0 Å². The fourth-order valence-corrected chi connectivity index (χ4v) is 2.28. The lowest BCUT2D eigenvalue weighted by atomic mass is 10.2. The molecule has 0 radical (unpaired) electrons. The minimum absolute atomic E-state index is 0.868. The third-order valence-electron chi connectivity index (χ3n) is 3.98. The molecule has 0 aromatic heterocycles. The zero-order valence-corrected chi connectivity index (χ0v) is 12.0. The standard InChI is InChI=1S/C15H30N2O/c1-17(15-8-9-15)11-13-18-12-5-3-2-4-10-16-14-6-7-14/h14-16H,2-13H2,1H3. The molecule has 0 atom stereocenters. The second-order valence-electron chi connectivity index (χ2n) is 5.97. The van der Waals surface area contributed by atoms with E-state index in [-0.39, 0.29) is 0 Å². The fourth-order valence-electron chi connectivity index (χ4n) is 2.28. The number of ether oxygens (including phenoxy) is 1. The molecule has 3 heteroatoms. The van der Waals surface area contributed by atoms with Crippen molar-refractivity contribution in [2.24, 2.45) is 0 Å². The molecule has 106 valence electrons. The van der Waals surface area contributed by atoms with Gasteiger partial charge < -0.3 is 15.0 Å². The van der Waals surface area contributed by atoms with E-state index in [1.807, 2.05) is 0 Å². The van der Waals surface area contributed by atoms with Gasteiger partial charge in [-0.25, -0.2) is 0 Å². The van der Waals surface area contributed by atoms with Crippen LogP contribution < -0.4 is 5.32 Å². The zero-order valence-electron chi connectivity index (χ0n) is 12.0. The Labute approximate surface area is 112 Å². The van der Waals surface area contributed by atoms with E-state index in [0.29, 0.717) is 0 Å². The lowest BCUT2D eigenvalue weighted by Crippen LogP contribution is -2.25. The van der Waals surface area contributed by atoms with E-state index in [0.717, 1.165) is 31.8 Å². The lowest BCUT2D eigenvalue weighted by Gasteiger charge is -2.15. The highest BCUT2D eigenvalue weighted by atomic mass is 16.5. The molecule has 0 aliphatic heterocycles. The largest absolute Gasteiger partial charge is 0.380 e. The van der Waals surface area contributed by atoms with Gasteiger partial charge in [0.15, 0.2) is 0 Å². The normalized spacial score (nSPS) is 19.7. The molecule has 0 unspecified atom stereocenters. The number of nitrogens with one attached hydrogen (secondary N) is 1. The Morgan fingerprint density at radius 1 is 1.00 bits per heavy atom. The third-order valence-corrected chi connectivity index (χ3v) is 3.98. The van der Waals surface area contributed by atoms with Gasteiger partial charge in [0, 0.05) is 25.2 Å². The van der Waals surface area contributed by atoms with E-state index in [2.05, 4.69) is 17.3 Å². The van der Waals surface area contributed by atoms with Crippen LogP contribution in [0.15, 0.2) is 0 Å². The third kappa shape index (κ3) is 6.72. The van der Waals surface area contributed by atoms with Gasteiger partial charge in [-0.05, 0) is 52.1 Å². The summed E-state index contributed by atoms with van der Waals surface area (Å²) in [6.45, 7) is 4.19. The molecule has 0 amide bonds. The van der Waals surface area contributed by atoms with Gasteiger partial charge in [0.25, 0.3) is 0 Å². The summed E-state index contributed by atoms with van der Waals surface area (Å²) in [6.07, 6.45) is 10.8. The van der Waals surface area contributed by atoms with Crippen molar-refractivity contribution in [2.45, 2.75) is 63.5 Å². The number of likely N-dealkylation sites (N-methyl/N-ethyl adjacent to an activating group) is 1. The minimum atomic E-state index is 0.868. The van der Waals surface area contributed by atoms with Gasteiger partial charge >= 0.3 is 0 Å². The van der Waals surface area contributed by atoms with Crippen LogP contribution in [0.2, 0.25) is 0 Å². The molecule has 3 nitrogen and oxygen atoms in total. The van der Waals surface area contributed by atoms with Crippen LogP contribution in [0, 0.1) is 0 Å². The highest BCUT2D eigenvalue weighted by Crippen LogP contribution is 2.24. The number of rotatable bonds is 12. The molecule has 2 saturated carbocycles. The molecule has 0 spiro atoms. The maximum atomic E-state index is 5.68. The molecule has 2 aliphatic carbocycles. The summed E-state index contributed by atoms with van der Waals surface area (Å²) in [5, 5.41) is 3.56. The van der Waals surface area contributed by atoms with Gasteiger partial charge in [-0.1, -0.05) is 12.8 Å². The average molecular weight is 254 g/mol. The number of nitrogens with zero attached hydrogens (tertiary/aromatic N) is 1. The highest BCUT2D eigenvalue weighted by molar-refractivity contribution is 4.82. The molecule has 0 saturated heterocycles. The summed E-state index contributed by atoms with van der Waals surface area (Å²) in [5.41, 5.74) is 0. The molecule has 2 aliphatic rings. The first kappa shape index (κ1) is 14.3. The van der Waals surface area contributed by atoms with Crippen molar-refractivity contribution in [3.8, 4) is 0 Å². The van der Waals surface area contributed by atoms with Crippen molar-refractivity contribution < 1.29 is 4.74 Å². The van der Waals surface area contributed by atoms with E-state index in [1.54, 1.807) is 0 Å². The summed E-state index contributed by atoms with van der Waals surface area (Å²) in [5.74, 6) is 0. The second-order valence-corrected chi connectivity index (χ2v) is 5.97. The van der Waals surface area contributed by atoms with Crippen LogP contribution >= 0.6 is 0 Å². The Balaban J connectivity index is 1.25. The molecule has 18 heavy (non-hydrogen) atoms. The van der Waals surface area contributed by atoms with E-state index in [1.165, 1.54) is 57.9 Å². The Bertz CT molecular complexity index is 215. The van der Waals surface area contributed by atoms with Crippen molar-refractivity contribution in [1.82, 2.24) is 10.2 Å². The van der Waals surface area contributed by atoms with Crippen molar-refractivity contribution >= 4 is 0 Å². The van der Waals surface area contributed by atoms with Crippen LogP contribution in [-0.2, 0) is 4.74 Å². The van der Waals surface area contributed by atoms with E-state index < -0.39 is 0 Å². The number of hydrogen-bond acceptors (Lipinski definition) is 3. The predicted molar refractivity (Wildman–Crippen MR) is 76.0 cm³/mol. The van der Waals surface area contributed by atoms with Gasteiger partial charge in [0.2, 0.25) is 0 Å². The molecule has 0 bridgehead atoms. The Morgan fingerprint density at radius 2 is 1.78 bits per heavy atom. The number of unbranched alkanes of at least 4 members (excludes halogenated alkanes) is 3. The van der Waals surface area contributed by atoms with Crippen molar-refractivity contribution in [2.75, 3.05) is 33.4 Å². The first-order valence-corrected chi connectivity index (χ1v) is 7.87. The van der Waals surface area contributed by atoms with E-state index in [9.17, 15) is 0 Å². The minimum Gasteiger partial charge on any atom is -0.380 e. The quantitative estimate of drug-likeness (QED) is 0.541. The van der Waals surface area contributed by atoms with Crippen LogP contribution in [0.5, 0.6) is 0 Å². The average Bonchev–Trinajstić information content (AvgIpc) is 3.24. The molecule has 0 heterocycles. The molecule has 2 fully saturated rings. The highest BCUT2D eigenvalue weighted by Gasteiger charge is 2.25. The monoisotopic (exact) mass is 254 g/mol. The lowest BCUT2D eigenvalue weighted by molar-refractivity contribution is 0.106. The Kier molecular flexibility index (Phi) is 6.46. The van der Waals surface area contributed by atoms with Gasteiger partial charge in [-0.2, -0.15) is 0 Å². The SMILES string of the molecule is CN(CCOCCCCCCNC1CC1)C1CC1.